The molecule has 3 N–H and O–H groups in total. The van der Waals surface area contributed by atoms with E-state index in [2.05, 4.69) is 15.9 Å². The molecule has 0 spiro atoms. The Morgan fingerprint density at radius 1 is 1.50 bits per heavy atom. The summed E-state index contributed by atoms with van der Waals surface area (Å²) in [6.45, 7) is 2.20. The highest BCUT2D eigenvalue weighted by molar-refractivity contribution is 9.10. The second-order valence-corrected chi connectivity index (χ2v) is 5.05. The number of amides is 1. The largest absolute Gasteiger partial charge is 0.493 e. The number of benzene rings is 1. The summed E-state index contributed by atoms with van der Waals surface area (Å²) in [7, 11) is 0. The van der Waals surface area contributed by atoms with Crippen LogP contribution >= 0.6 is 15.9 Å². The summed E-state index contributed by atoms with van der Waals surface area (Å²) >= 11 is 3.36. The molecule has 0 saturated heterocycles. The van der Waals surface area contributed by atoms with Gasteiger partial charge in [0.25, 0.3) is 0 Å². The van der Waals surface area contributed by atoms with Gasteiger partial charge in [-0.2, -0.15) is 0 Å². The molecule has 1 amide bonds. The molecule has 4 nitrogen and oxygen atoms in total. The van der Waals surface area contributed by atoms with Crippen molar-refractivity contribution in [1.82, 2.24) is 0 Å². The maximum atomic E-state index is 10.6. The molecule has 1 aromatic rings. The molecule has 0 aromatic heterocycles. The van der Waals surface area contributed by atoms with Crippen molar-refractivity contribution in [3.63, 3.8) is 0 Å². The van der Waals surface area contributed by atoms with E-state index in [-0.39, 0.29) is 5.91 Å². The van der Waals surface area contributed by atoms with Gasteiger partial charge >= 0.3 is 0 Å². The molecule has 100 valence electrons. The summed E-state index contributed by atoms with van der Waals surface area (Å²) in [4.78, 5) is 10.6. The molecule has 0 aliphatic carbocycles. The molecule has 0 aliphatic heterocycles. The smallest absolute Gasteiger partial charge is 0.217 e. The number of nitrogens with two attached hydrogens (primary N) is 1. The second kappa shape index (κ2) is 7.38. The van der Waals surface area contributed by atoms with Gasteiger partial charge in [-0.15, -0.1) is 0 Å². The van der Waals surface area contributed by atoms with E-state index in [1.165, 1.54) is 0 Å². The van der Waals surface area contributed by atoms with Crippen LogP contribution < -0.4 is 10.5 Å². The van der Waals surface area contributed by atoms with Crippen molar-refractivity contribution in [2.45, 2.75) is 32.3 Å². The summed E-state index contributed by atoms with van der Waals surface area (Å²) in [6.07, 6.45) is 1.28. The van der Waals surface area contributed by atoms with E-state index in [9.17, 15) is 9.90 Å². The summed E-state index contributed by atoms with van der Waals surface area (Å²) in [6, 6.07) is 5.52. The van der Waals surface area contributed by atoms with Gasteiger partial charge in [0.05, 0.1) is 12.7 Å². The van der Waals surface area contributed by atoms with Crippen LogP contribution in [-0.2, 0) is 4.79 Å². The highest BCUT2D eigenvalue weighted by atomic mass is 79.9. The molecule has 0 radical (unpaired) electrons. The van der Waals surface area contributed by atoms with Crippen LogP contribution in [0.3, 0.4) is 0 Å². The van der Waals surface area contributed by atoms with Gasteiger partial charge < -0.3 is 15.6 Å². The van der Waals surface area contributed by atoms with Crippen LogP contribution in [0.25, 0.3) is 0 Å². The van der Waals surface area contributed by atoms with Crippen LogP contribution in [0.1, 0.15) is 37.9 Å². The van der Waals surface area contributed by atoms with E-state index < -0.39 is 6.10 Å². The summed E-state index contributed by atoms with van der Waals surface area (Å²) in [5, 5.41) is 9.64. The van der Waals surface area contributed by atoms with E-state index in [0.29, 0.717) is 18.8 Å². The molecular weight excluding hydrogens is 298 g/mol. The minimum absolute atomic E-state index is 0.289. The third-order valence-corrected chi connectivity index (χ3v) is 2.99. The Morgan fingerprint density at radius 2 is 2.22 bits per heavy atom. The van der Waals surface area contributed by atoms with E-state index in [1.54, 1.807) is 6.92 Å². The number of carbonyl (C=O) groups excluding carboxylic acids is 1. The topological polar surface area (TPSA) is 72.6 Å². The van der Waals surface area contributed by atoms with Crippen molar-refractivity contribution in [2.75, 3.05) is 6.61 Å². The Kier molecular flexibility index (Phi) is 6.15. The lowest BCUT2D eigenvalue weighted by Gasteiger charge is -2.13. The number of aliphatic hydroxyl groups is 1. The van der Waals surface area contributed by atoms with E-state index in [4.69, 9.17) is 10.5 Å². The number of hydrogen-bond acceptors (Lipinski definition) is 3. The minimum atomic E-state index is -0.580. The van der Waals surface area contributed by atoms with Crippen LogP contribution in [0.5, 0.6) is 5.75 Å². The summed E-state index contributed by atoms with van der Waals surface area (Å²) in [5.74, 6) is 0.385. The lowest BCUT2D eigenvalue weighted by Crippen LogP contribution is -2.10. The number of halogens is 1. The highest BCUT2D eigenvalue weighted by Crippen LogP contribution is 2.28. The van der Waals surface area contributed by atoms with Crippen molar-refractivity contribution in [2.24, 2.45) is 5.73 Å². The molecular formula is C13H18BrNO3. The number of ether oxygens (including phenoxy) is 1. The van der Waals surface area contributed by atoms with Crippen molar-refractivity contribution in [3.05, 3.63) is 28.2 Å². The van der Waals surface area contributed by atoms with E-state index >= 15 is 0 Å². The Balaban J connectivity index is 2.49. The van der Waals surface area contributed by atoms with Crippen LogP contribution in [0.15, 0.2) is 22.7 Å². The van der Waals surface area contributed by atoms with Gasteiger partial charge in [0.15, 0.2) is 0 Å². The standard InChI is InChI=1S/C13H18BrNO3/c1-9(16)11-8-10(14)5-6-12(11)18-7-3-2-4-13(15)17/h5-6,8-9,16H,2-4,7H2,1H3,(H2,15,17)/t9-/m0/s1. The first-order valence-electron chi connectivity index (χ1n) is 5.89. The molecule has 0 heterocycles. The van der Waals surface area contributed by atoms with Gasteiger partial charge in [0.2, 0.25) is 5.91 Å². The van der Waals surface area contributed by atoms with Gasteiger partial charge in [-0.1, -0.05) is 15.9 Å². The Bertz CT molecular complexity index is 407. The lowest BCUT2D eigenvalue weighted by atomic mass is 10.1. The fourth-order valence-electron chi connectivity index (χ4n) is 1.56. The fraction of sp³-hybridized carbons (Fsp3) is 0.462. The third-order valence-electron chi connectivity index (χ3n) is 2.50. The maximum absolute atomic E-state index is 10.6. The number of aliphatic hydroxyl groups excluding tert-OH is 1. The first-order chi connectivity index (χ1) is 8.50. The first kappa shape index (κ1) is 15.0. The SMILES string of the molecule is C[C@H](O)c1cc(Br)ccc1OCCCCC(N)=O. The molecule has 1 aromatic carbocycles. The zero-order valence-corrected chi connectivity index (χ0v) is 11.9. The Labute approximate surface area is 115 Å². The normalized spacial score (nSPS) is 12.2. The number of carbonyl (C=O) groups is 1. The van der Waals surface area contributed by atoms with Crippen molar-refractivity contribution < 1.29 is 14.6 Å². The average Bonchev–Trinajstić information content (AvgIpc) is 2.29. The monoisotopic (exact) mass is 315 g/mol. The van der Waals surface area contributed by atoms with Gasteiger partial charge in [0.1, 0.15) is 5.75 Å². The van der Waals surface area contributed by atoms with Crippen molar-refractivity contribution in [3.8, 4) is 5.75 Å². The number of hydrogen-bond donors (Lipinski definition) is 2. The molecule has 0 fully saturated rings. The Morgan fingerprint density at radius 3 is 2.83 bits per heavy atom. The van der Waals surface area contributed by atoms with Gasteiger partial charge in [0, 0.05) is 16.5 Å². The third kappa shape index (κ3) is 5.06. The van der Waals surface area contributed by atoms with Crippen LogP contribution in [0, 0.1) is 0 Å². The zero-order chi connectivity index (χ0) is 13.5. The van der Waals surface area contributed by atoms with E-state index in [0.717, 1.165) is 22.9 Å². The van der Waals surface area contributed by atoms with Crippen LogP contribution in [-0.4, -0.2) is 17.6 Å². The quantitative estimate of drug-likeness (QED) is 0.759. The molecule has 0 aliphatic rings. The molecule has 0 bridgehead atoms. The maximum Gasteiger partial charge on any atom is 0.217 e. The predicted octanol–water partition coefficient (Wildman–Crippen LogP) is 2.54. The summed E-state index contributed by atoms with van der Waals surface area (Å²) in [5.41, 5.74) is 5.80. The minimum Gasteiger partial charge on any atom is -0.493 e. The van der Waals surface area contributed by atoms with Gasteiger partial charge in [-0.3, -0.25) is 4.79 Å². The van der Waals surface area contributed by atoms with Crippen LogP contribution in [0.2, 0.25) is 0 Å². The van der Waals surface area contributed by atoms with E-state index in [1.807, 2.05) is 18.2 Å². The predicted molar refractivity (Wildman–Crippen MR) is 73.3 cm³/mol. The average molecular weight is 316 g/mol. The van der Waals surface area contributed by atoms with Gasteiger partial charge in [-0.25, -0.2) is 0 Å². The zero-order valence-electron chi connectivity index (χ0n) is 10.4. The molecule has 1 atom stereocenters. The van der Waals surface area contributed by atoms with Crippen molar-refractivity contribution in [1.29, 1.82) is 0 Å². The van der Waals surface area contributed by atoms with Gasteiger partial charge in [-0.05, 0) is 38.0 Å². The number of unbranched alkanes of at least 4 members (excludes halogenated alkanes) is 1. The lowest BCUT2D eigenvalue weighted by molar-refractivity contribution is -0.118. The molecule has 0 saturated carbocycles. The molecule has 1 rings (SSSR count). The summed E-state index contributed by atoms with van der Waals surface area (Å²) < 4.78 is 6.50. The van der Waals surface area contributed by atoms with Crippen molar-refractivity contribution >= 4 is 21.8 Å². The molecule has 5 heteroatoms. The number of rotatable bonds is 7. The molecule has 0 unspecified atom stereocenters. The highest BCUT2D eigenvalue weighted by Gasteiger charge is 2.09. The second-order valence-electron chi connectivity index (χ2n) is 4.13. The Hall–Kier alpha value is -1.07. The molecule has 18 heavy (non-hydrogen) atoms. The fourth-order valence-corrected chi connectivity index (χ4v) is 1.94. The number of primary amides is 1. The first-order valence-corrected chi connectivity index (χ1v) is 6.68. The van der Waals surface area contributed by atoms with Crippen LogP contribution in [0.4, 0.5) is 0 Å².